The topological polar surface area (TPSA) is 45.7 Å². The van der Waals surface area contributed by atoms with Crippen molar-refractivity contribution in [3.63, 3.8) is 0 Å². The highest BCUT2D eigenvalue weighted by Gasteiger charge is 2.20. The number of amides is 1. The fourth-order valence-electron chi connectivity index (χ4n) is 2.58. The van der Waals surface area contributed by atoms with Gasteiger partial charge in [-0.15, -0.1) is 0 Å². The van der Waals surface area contributed by atoms with Gasteiger partial charge < -0.3 is 10.6 Å². The molecule has 1 atom stereocenters. The lowest BCUT2D eigenvalue weighted by atomic mass is 9.96. The molecular formula is C19H24FN2O+. The van der Waals surface area contributed by atoms with Crippen LogP contribution in [0.15, 0.2) is 54.6 Å². The van der Waals surface area contributed by atoms with Crippen molar-refractivity contribution in [2.24, 2.45) is 5.92 Å². The molecule has 0 spiro atoms. The number of nitrogens with two attached hydrogens (primary N) is 1. The van der Waals surface area contributed by atoms with Crippen molar-refractivity contribution in [2.45, 2.75) is 26.4 Å². The van der Waals surface area contributed by atoms with Crippen molar-refractivity contribution in [1.29, 1.82) is 0 Å². The van der Waals surface area contributed by atoms with Crippen LogP contribution in [0.25, 0.3) is 0 Å². The van der Waals surface area contributed by atoms with Crippen molar-refractivity contribution in [1.82, 2.24) is 5.32 Å². The second-order valence-corrected chi connectivity index (χ2v) is 6.02. The summed E-state index contributed by atoms with van der Waals surface area (Å²) in [5.74, 6) is 0.112. The number of hydrogen-bond acceptors (Lipinski definition) is 1. The first-order valence-corrected chi connectivity index (χ1v) is 7.95. The minimum atomic E-state index is -0.239. The summed E-state index contributed by atoms with van der Waals surface area (Å²) in [5.41, 5.74) is 2.12. The first-order chi connectivity index (χ1) is 11.1. The van der Waals surface area contributed by atoms with Crippen LogP contribution in [0.4, 0.5) is 4.39 Å². The number of halogens is 1. The fraction of sp³-hybridized carbons (Fsp3) is 0.316. The van der Waals surface area contributed by atoms with Gasteiger partial charge in [-0.25, -0.2) is 4.39 Å². The highest BCUT2D eigenvalue weighted by atomic mass is 19.1. The first kappa shape index (κ1) is 17.2. The van der Waals surface area contributed by atoms with Crippen LogP contribution in [0.3, 0.4) is 0 Å². The maximum atomic E-state index is 13.1. The molecule has 2 rings (SSSR count). The molecule has 4 heteroatoms. The van der Waals surface area contributed by atoms with E-state index < -0.39 is 0 Å². The summed E-state index contributed by atoms with van der Waals surface area (Å²) in [6, 6.07) is 16.5. The van der Waals surface area contributed by atoms with Gasteiger partial charge in [-0.2, -0.15) is 0 Å². The number of hydrogen-bond donors (Lipinski definition) is 2. The molecule has 0 bridgehead atoms. The van der Waals surface area contributed by atoms with Crippen LogP contribution in [-0.4, -0.2) is 12.5 Å². The van der Waals surface area contributed by atoms with Crippen molar-refractivity contribution >= 4 is 5.91 Å². The molecule has 1 amide bonds. The predicted octanol–water partition coefficient (Wildman–Crippen LogP) is 2.40. The molecule has 0 saturated heterocycles. The van der Waals surface area contributed by atoms with Gasteiger partial charge in [0.05, 0.1) is 0 Å². The maximum absolute atomic E-state index is 13.1. The molecule has 0 aliphatic carbocycles. The van der Waals surface area contributed by atoms with E-state index in [1.165, 1.54) is 12.1 Å². The van der Waals surface area contributed by atoms with Crippen LogP contribution >= 0.6 is 0 Å². The van der Waals surface area contributed by atoms with E-state index in [9.17, 15) is 9.18 Å². The summed E-state index contributed by atoms with van der Waals surface area (Å²) in [6.07, 6.45) is 0. The van der Waals surface area contributed by atoms with Crippen LogP contribution in [0.1, 0.15) is 31.0 Å². The van der Waals surface area contributed by atoms with E-state index in [0.717, 1.165) is 11.1 Å². The Hall–Kier alpha value is -2.20. The molecule has 0 aromatic heterocycles. The zero-order chi connectivity index (χ0) is 16.7. The average molecular weight is 315 g/mol. The van der Waals surface area contributed by atoms with Crippen molar-refractivity contribution < 1.29 is 14.5 Å². The third kappa shape index (κ3) is 5.49. The Morgan fingerprint density at radius 2 is 1.74 bits per heavy atom. The standard InChI is InChI=1S/C19H23FN2O/c1-14(2)19(16-8-10-17(20)11-9-16)22-13-18(23)21-12-15-6-4-3-5-7-15/h3-11,14,19,22H,12-13H2,1-2H3,(H,21,23)/p+1/t19-/m1/s1. The number of carbonyl (C=O) groups is 1. The van der Waals surface area contributed by atoms with Crippen LogP contribution < -0.4 is 10.6 Å². The Kier molecular flexibility index (Phi) is 6.29. The summed E-state index contributed by atoms with van der Waals surface area (Å²) < 4.78 is 13.1. The molecular weight excluding hydrogens is 291 g/mol. The minimum Gasteiger partial charge on any atom is -0.347 e. The van der Waals surface area contributed by atoms with Crippen molar-refractivity contribution in [3.8, 4) is 0 Å². The van der Waals surface area contributed by atoms with Gasteiger partial charge in [0.15, 0.2) is 6.54 Å². The van der Waals surface area contributed by atoms with E-state index in [1.807, 2.05) is 35.6 Å². The summed E-state index contributed by atoms with van der Waals surface area (Å²) in [4.78, 5) is 12.0. The highest BCUT2D eigenvalue weighted by Crippen LogP contribution is 2.17. The predicted molar refractivity (Wildman–Crippen MR) is 89.1 cm³/mol. The molecule has 0 fully saturated rings. The van der Waals surface area contributed by atoms with Gasteiger partial charge in [0.1, 0.15) is 11.9 Å². The number of benzene rings is 2. The zero-order valence-corrected chi connectivity index (χ0v) is 13.6. The van der Waals surface area contributed by atoms with Gasteiger partial charge in [-0.05, 0) is 17.7 Å². The normalized spacial score (nSPS) is 12.2. The Morgan fingerprint density at radius 1 is 1.09 bits per heavy atom. The number of carbonyl (C=O) groups excluding carboxylic acids is 1. The van der Waals surface area contributed by atoms with Crippen LogP contribution in [0, 0.1) is 11.7 Å². The van der Waals surface area contributed by atoms with E-state index in [2.05, 4.69) is 19.2 Å². The molecule has 122 valence electrons. The summed E-state index contributed by atoms with van der Waals surface area (Å²) in [6.45, 7) is 5.10. The quantitative estimate of drug-likeness (QED) is 0.810. The first-order valence-electron chi connectivity index (χ1n) is 7.95. The molecule has 2 aromatic carbocycles. The van der Waals surface area contributed by atoms with E-state index in [1.54, 1.807) is 12.1 Å². The molecule has 3 N–H and O–H groups in total. The van der Waals surface area contributed by atoms with Crippen molar-refractivity contribution in [2.75, 3.05) is 6.54 Å². The molecule has 0 heterocycles. The summed E-state index contributed by atoms with van der Waals surface area (Å²) in [5, 5.41) is 4.94. The van der Waals surface area contributed by atoms with Gasteiger partial charge in [-0.3, -0.25) is 4.79 Å². The van der Waals surface area contributed by atoms with Crippen molar-refractivity contribution in [3.05, 3.63) is 71.5 Å². The van der Waals surface area contributed by atoms with Gasteiger partial charge in [-0.1, -0.05) is 56.3 Å². The van der Waals surface area contributed by atoms with E-state index in [4.69, 9.17) is 0 Å². The van der Waals surface area contributed by atoms with Gasteiger partial charge in [0.2, 0.25) is 0 Å². The number of rotatable bonds is 7. The average Bonchev–Trinajstić information content (AvgIpc) is 2.55. The molecule has 0 unspecified atom stereocenters. The monoisotopic (exact) mass is 315 g/mol. The van der Waals surface area contributed by atoms with E-state index in [0.29, 0.717) is 19.0 Å². The molecule has 23 heavy (non-hydrogen) atoms. The maximum Gasteiger partial charge on any atom is 0.275 e. The Labute approximate surface area is 136 Å². The number of quaternary nitrogens is 1. The summed E-state index contributed by atoms with van der Waals surface area (Å²) in [7, 11) is 0. The molecule has 0 saturated carbocycles. The van der Waals surface area contributed by atoms with Crippen LogP contribution in [0.2, 0.25) is 0 Å². The van der Waals surface area contributed by atoms with Gasteiger partial charge in [0, 0.05) is 18.0 Å². The SMILES string of the molecule is CC(C)[C@@H]([NH2+]CC(=O)NCc1ccccc1)c1ccc(F)cc1. The Balaban J connectivity index is 1.86. The minimum absolute atomic E-state index is 0.00150. The van der Waals surface area contributed by atoms with E-state index >= 15 is 0 Å². The van der Waals surface area contributed by atoms with Gasteiger partial charge in [0.25, 0.3) is 5.91 Å². The lowest BCUT2D eigenvalue weighted by Crippen LogP contribution is -2.88. The molecule has 0 aliphatic rings. The lowest BCUT2D eigenvalue weighted by molar-refractivity contribution is -0.692. The second kappa shape index (κ2) is 8.44. The third-order valence-electron chi connectivity index (χ3n) is 3.86. The fourth-order valence-corrected chi connectivity index (χ4v) is 2.58. The molecule has 3 nitrogen and oxygen atoms in total. The van der Waals surface area contributed by atoms with Gasteiger partial charge >= 0.3 is 0 Å². The second-order valence-electron chi connectivity index (χ2n) is 6.02. The Morgan fingerprint density at radius 3 is 2.35 bits per heavy atom. The Bertz CT molecular complexity index is 611. The van der Waals surface area contributed by atoms with Crippen LogP contribution in [-0.2, 0) is 11.3 Å². The third-order valence-corrected chi connectivity index (χ3v) is 3.86. The largest absolute Gasteiger partial charge is 0.347 e. The smallest absolute Gasteiger partial charge is 0.275 e. The highest BCUT2D eigenvalue weighted by molar-refractivity contribution is 5.76. The zero-order valence-electron chi connectivity index (χ0n) is 13.6. The van der Waals surface area contributed by atoms with Crippen LogP contribution in [0.5, 0.6) is 0 Å². The summed E-state index contributed by atoms with van der Waals surface area (Å²) >= 11 is 0. The number of nitrogens with one attached hydrogen (secondary N) is 1. The molecule has 0 radical (unpaired) electrons. The molecule has 2 aromatic rings. The lowest BCUT2D eigenvalue weighted by Gasteiger charge is -2.19. The van der Waals surface area contributed by atoms with E-state index in [-0.39, 0.29) is 17.8 Å². The molecule has 0 aliphatic heterocycles.